The van der Waals surface area contributed by atoms with E-state index < -0.39 is 30.4 Å². The Labute approximate surface area is 162 Å². The Morgan fingerprint density at radius 1 is 0.778 bits per heavy atom. The Balaban J connectivity index is 4.92. The molecule has 7 heteroatoms. The van der Waals surface area contributed by atoms with Crippen LogP contribution in [0, 0.1) is 0 Å². The normalized spacial score (nSPS) is 12.8. The van der Waals surface area contributed by atoms with Gasteiger partial charge in [0.15, 0.2) is 0 Å². The number of unbranched alkanes of at least 4 members (excludes halogenated alkanes) is 6. The largest absolute Gasteiger partial charge is 0.469 e. The van der Waals surface area contributed by atoms with Crippen LogP contribution in [0.15, 0.2) is 11.1 Å². The van der Waals surface area contributed by atoms with Crippen molar-refractivity contribution in [1.82, 2.24) is 0 Å². The number of rotatable bonds is 14. The lowest BCUT2D eigenvalue weighted by atomic mass is 9.96. The molecule has 7 nitrogen and oxygen atoms in total. The fraction of sp³-hybridized carbons (Fsp3) is 0.750. The predicted molar refractivity (Wildman–Crippen MR) is 101 cm³/mol. The maximum Gasteiger partial charge on any atom is 0.334 e. The zero-order valence-electron chi connectivity index (χ0n) is 17.0. The van der Waals surface area contributed by atoms with Crippen molar-refractivity contribution in [1.29, 1.82) is 0 Å². The Kier molecular flexibility index (Phi) is 14.1. The Hall–Kier alpha value is -1.89. The summed E-state index contributed by atoms with van der Waals surface area (Å²) in [6.07, 6.45) is 6.99. The van der Waals surface area contributed by atoms with E-state index in [4.69, 9.17) is 4.74 Å². The molecule has 0 aliphatic carbocycles. The molecule has 0 aromatic heterocycles. The maximum absolute atomic E-state index is 12.1. The van der Waals surface area contributed by atoms with Crippen molar-refractivity contribution in [3.05, 3.63) is 11.1 Å². The Morgan fingerprint density at radius 3 is 1.81 bits per heavy atom. The van der Waals surface area contributed by atoms with Gasteiger partial charge >= 0.3 is 17.9 Å². The molecule has 0 radical (unpaired) electrons. The summed E-state index contributed by atoms with van der Waals surface area (Å²) in [4.78, 5) is 35.7. The summed E-state index contributed by atoms with van der Waals surface area (Å²) in [7, 11) is 3.52. The van der Waals surface area contributed by atoms with Gasteiger partial charge in [0.05, 0.1) is 45.0 Å². The lowest BCUT2D eigenvalue weighted by molar-refractivity contribution is -0.143. The van der Waals surface area contributed by atoms with Crippen LogP contribution in [0.2, 0.25) is 0 Å². The third kappa shape index (κ3) is 10.8. The molecule has 0 spiro atoms. The second-order valence-corrected chi connectivity index (χ2v) is 6.46. The van der Waals surface area contributed by atoms with Gasteiger partial charge in [-0.05, 0) is 6.42 Å². The summed E-state index contributed by atoms with van der Waals surface area (Å²) >= 11 is 0. The third-order valence-electron chi connectivity index (χ3n) is 4.36. The van der Waals surface area contributed by atoms with Crippen LogP contribution >= 0.6 is 0 Å². The molecule has 0 aromatic carbocycles. The highest BCUT2D eigenvalue weighted by molar-refractivity contribution is 6.03. The number of carbonyl (C=O) groups excluding carboxylic acids is 3. The highest BCUT2D eigenvalue weighted by Crippen LogP contribution is 2.21. The number of ether oxygens (including phenoxy) is 3. The molecule has 0 aromatic rings. The summed E-state index contributed by atoms with van der Waals surface area (Å²) < 4.78 is 14.0. The highest BCUT2D eigenvalue weighted by atomic mass is 16.5. The van der Waals surface area contributed by atoms with Crippen molar-refractivity contribution in [3.63, 3.8) is 0 Å². The zero-order chi connectivity index (χ0) is 20.7. The fourth-order valence-corrected chi connectivity index (χ4v) is 2.77. The SMILES string of the molecule is CCCCCCCCCC(O)CC(C(=O)OC)=C(CC(=O)OC)C(=O)OC. The number of esters is 3. The lowest BCUT2D eigenvalue weighted by Crippen LogP contribution is -2.21. The molecule has 0 heterocycles. The summed E-state index contributed by atoms with van der Waals surface area (Å²) in [5, 5.41) is 10.3. The van der Waals surface area contributed by atoms with E-state index >= 15 is 0 Å². The first-order valence-corrected chi connectivity index (χ1v) is 9.54. The quantitative estimate of drug-likeness (QED) is 0.212. The minimum atomic E-state index is -0.816. The fourth-order valence-electron chi connectivity index (χ4n) is 2.77. The molecule has 1 atom stereocenters. The van der Waals surface area contributed by atoms with Gasteiger partial charge in [0.2, 0.25) is 0 Å². The van der Waals surface area contributed by atoms with Gasteiger partial charge < -0.3 is 19.3 Å². The average Bonchev–Trinajstić information content (AvgIpc) is 2.68. The van der Waals surface area contributed by atoms with Gasteiger partial charge in [-0.1, -0.05) is 51.9 Å². The molecule has 1 N–H and O–H groups in total. The number of carbonyl (C=O) groups is 3. The van der Waals surface area contributed by atoms with Gasteiger partial charge in [0, 0.05) is 6.42 Å². The van der Waals surface area contributed by atoms with Gasteiger partial charge in [-0.3, -0.25) is 4.79 Å². The van der Waals surface area contributed by atoms with Crippen LogP contribution in [-0.4, -0.2) is 50.4 Å². The van der Waals surface area contributed by atoms with E-state index in [9.17, 15) is 19.5 Å². The standard InChI is InChI=1S/C20H34O7/c1-5-6-7-8-9-10-11-12-15(21)13-16(19(23)26-3)17(20(24)27-4)14-18(22)25-2/h15,21H,5-14H2,1-4H3. The summed E-state index contributed by atoms with van der Waals surface area (Å²) in [5.41, 5.74) is -0.194. The molecular weight excluding hydrogens is 352 g/mol. The van der Waals surface area contributed by atoms with E-state index in [2.05, 4.69) is 16.4 Å². The first-order chi connectivity index (χ1) is 12.9. The zero-order valence-corrected chi connectivity index (χ0v) is 17.0. The van der Waals surface area contributed by atoms with Crippen LogP contribution in [0.25, 0.3) is 0 Å². The second kappa shape index (κ2) is 15.2. The molecular formula is C20H34O7. The smallest absolute Gasteiger partial charge is 0.334 e. The number of hydrogen-bond donors (Lipinski definition) is 1. The molecule has 0 fully saturated rings. The number of aliphatic hydroxyl groups excluding tert-OH is 1. The number of methoxy groups -OCH3 is 3. The first-order valence-electron chi connectivity index (χ1n) is 9.54. The molecule has 0 amide bonds. The average molecular weight is 386 g/mol. The Morgan fingerprint density at radius 2 is 1.30 bits per heavy atom. The minimum absolute atomic E-state index is 0.0507. The molecule has 0 rings (SSSR count). The first kappa shape index (κ1) is 25.1. The minimum Gasteiger partial charge on any atom is -0.469 e. The topological polar surface area (TPSA) is 99.1 Å². The highest BCUT2D eigenvalue weighted by Gasteiger charge is 2.26. The van der Waals surface area contributed by atoms with Gasteiger partial charge in [0.25, 0.3) is 0 Å². The molecule has 0 saturated heterocycles. The van der Waals surface area contributed by atoms with E-state index in [1.807, 2.05) is 0 Å². The summed E-state index contributed by atoms with van der Waals surface area (Å²) in [6, 6.07) is 0. The van der Waals surface area contributed by atoms with E-state index in [0.717, 1.165) is 26.4 Å². The number of aliphatic hydroxyl groups is 1. The van der Waals surface area contributed by atoms with Crippen molar-refractivity contribution >= 4 is 17.9 Å². The van der Waals surface area contributed by atoms with Gasteiger partial charge in [-0.25, -0.2) is 9.59 Å². The van der Waals surface area contributed by atoms with E-state index in [-0.39, 0.29) is 17.6 Å². The van der Waals surface area contributed by atoms with Crippen LogP contribution in [0.1, 0.15) is 71.1 Å². The third-order valence-corrected chi connectivity index (χ3v) is 4.36. The van der Waals surface area contributed by atoms with E-state index in [1.165, 1.54) is 39.9 Å². The monoisotopic (exact) mass is 386 g/mol. The molecule has 27 heavy (non-hydrogen) atoms. The molecule has 0 bridgehead atoms. The van der Waals surface area contributed by atoms with Gasteiger partial charge in [-0.2, -0.15) is 0 Å². The van der Waals surface area contributed by atoms with Crippen LogP contribution < -0.4 is 0 Å². The van der Waals surface area contributed by atoms with E-state index in [1.54, 1.807) is 0 Å². The molecule has 0 saturated carbocycles. The molecule has 0 aliphatic rings. The van der Waals surface area contributed by atoms with Crippen molar-refractivity contribution < 1.29 is 33.7 Å². The Bertz CT molecular complexity index is 497. The van der Waals surface area contributed by atoms with Crippen molar-refractivity contribution in [2.45, 2.75) is 77.2 Å². The lowest BCUT2D eigenvalue weighted by Gasteiger charge is -2.15. The molecule has 1 unspecified atom stereocenters. The predicted octanol–water partition coefficient (Wildman–Crippen LogP) is 3.08. The van der Waals surface area contributed by atoms with Crippen molar-refractivity contribution in [3.8, 4) is 0 Å². The summed E-state index contributed by atoms with van der Waals surface area (Å²) in [5.74, 6) is -2.26. The van der Waals surface area contributed by atoms with Gasteiger partial charge in [-0.15, -0.1) is 0 Å². The number of hydrogen-bond acceptors (Lipinski definition) is 7. The van der Waals surface area contributed by atoms with Crippen molar-refractivity contribution in [2.75, 3.05) is 21.3 Å². The van der Waals surface area contributed by atoms with E-state index in [0.29, 0.717) is 6.42 Å². The van der Waals surface area contributed by atoms with Crippen LogP contribution in [0.3, 0.4) is 0 Å². The van der Waals surface area contributed by atoms with Gasteiger partial charge in [0.1, 0.15) is 0 Å². The van der Waals surface area contributed by atoms with Crippen LogP contribution in [0.5, 0.6) is 0 Å². The second-order valence-electron chi connectivity index (χ2n) is 6.46. The van der Waals surface area contributed by atoms with Crippen LogP contribution in [-0.2, 0) is 28.6 Å². The van der Waals surface area contributed by atoms with Crippen molar-refractivity contribution in [2.24, 2.45) is 0 Å². The maximum atomic E-state index is 12.1. The molecule has 0 aliphatic heterocycles. The summed E-state index contributed by atoms with van der Waals surface area (Å²) in [6.45, 7) is 2.17. The molecule has 156 valence electrons. The van der Waals surface area contributed by atoms with Crippen LogP contribution in [0.4, 0.5) is 0 Å².